The molecule has 1 heterocycles. The Labute approximate surface area is 107 Å². The Morgan fingerprint density at radius 3 is 2.50 bits per heavy atom. The smallest absolute Gasteiger partial charge is 0.220 e. The lowest BCUT2D eigenvalue weighted by atomic mass is 10.0. The minimum atomic E-state index is 0.274. The molecule has 0 spiro atoms. The first-order valence-electron chi connectivity index (χ1n) is 5.78. The predicted octanol–water partition coefficient (Wildman–Crippen LogP) is 2.66. The Morgan fingerprint density at radius 2 is 1.83 bits per heavy atom. The van der Waals surface area contributed by atoms with Crippen LogP contribution in [0.2, 0.25) is 0 Å². The molecular weight excluding hydrogens is 226 g/mol. The number of aryl methyl sites for hydroxylation is 2. The molecule has 2 rings (SSSR count). The molecule has 0 radical (unpaired) electrons. The van der Waals surface area contributed by atoms with Gasteiger partial charge in [-0.25, -0.2) is 9.97 Å². The number of aromatic nitrogens is 2. The minimum absolute atomic E-state index is 0.274. The number of rotatable bonds is 2. The van der Waals surface area contributed by atoms with Crippen LogP contribution in [-0.2, 0) is 0 Å². The average molecular weight is 243 g/mol. The van der Waals surface area contributed by atoms with Crippen LogP contribution in [0, 0.1) is 20.8 Å². The molecule has 0 atom stereocenters. The summed E-state index contributed by atoms with van der Waals surface area (Å²) in [6, 6.07) is 4.07. The van der Waals surface area contributed by atoms with Crippen LogP contribution in [0.15, 0.2) is 18.3 Å². The molecule has 0 aliphatic carbocycles. The van der Waals surface area contributed by atoms with Gasteiger partial charge in [-0.05, 0) is 43.5 Å². The number of benzene rings is 1. The van der Waals surface area contributed by atoms with E-state index in [-0.39, 0.29) is 5.95 Å². The molecule has 1 aromatic carbocycles. The molecule has 4 heteroatoms. The van der Waals surface area contributed by atoms with E-state index >= 15 is 0 Å². The van der Waals surface area contributed by atoms with Crippen molar-refractivity contribution in [1.29, 1.82) is 0 Å². The Hall–Kier alpha value is -2.10. The quantitative estimate of drug-likeness (QED) is 0.880. The molecule has 2 N–H and O–H groups in total. The standard InChI is InChI=1S/C14H17N3O/c1-8-5-6-11(13(18-4)10(8)3)12-9(2)7-16-14(15)17-12/h5-7H,1-4H3,(H2,15,16,17). The molecule has 4 nitrogen and oxygen atoms in total. The van der Waals surface area contributed by atoms with E-state index in [4.69, 9.17) is 10.5 Å². The van der Waals surface area contributed by atoms with Gasteiger partial charge in [-0.3, -0.25) is 0 Å². The molecule has 0 unspecified atom stereocenters. The summed E-state index contributed by atoms with van der Waals surface area (Å²) in [4.78, 5) is 8.30. The van der Waals surface area contributed by atoms with Gasteiger partial charge >= 0.3 is 0 Å². The fourth-order valence-electron chi connectivity index (χ4n) is 1.97. The summed E-state index contributed by atoms with van der Waals surface area (Å²) in [6.07, 6.45) is 1.73. The zero-order valence-corrected chi connectivity index (χ0v) is 11.1. The fraction of sp³-hybridized carbons (Fsp3) is 0.286. The highest BCUT2D eigenvalue weighted by Gasteiger charge is 2.14. The highest BCUT2D eigenvalue weighted by molar-refractivity contribution is 5.72. The van der Waals surface area contributed by atoms with Crippen molar-refractivity contribution in [1.82, 2.24) is 9.97 Å². The second-order valence-corrected chi connectivity index (χ2v) is 4.35. The second-order valence-electron chi connectivity index (χ2n) is 4.35. The van der Waals surface area contributed by atoms with Gasteiger partial charge in [-0.2, -0.15) is 0 Å². The number of nitrogen functional groups attached to an aromatic ring is 1. The summed E-state index contributed by atoms with van der Waals surface area (Å²) < 4.78 is 5.50. The lowest BCUT2D eigenvalue weighted by Crippen LogP contribution is -2.01. The number of methoxy groups -OCH3 is 1. The van der Waals surface area contributed by atoms with Gasteiger partial charge in [0.1, 0.15) is 5.75 Å². The molecule has 0 amide bonds. The van der Waals surface area contributed by atoms with Crippen LogP contribution in [0.25, 0.3) is 11.3 Å². The largest absolute Gasteiger partial charge is 0.496 e. The molecule has 0 fully saturated rings. The first-order chi connectivity index (χ1) is 8.54. The van der Waals surface area contributed by atoms with Crippen molar-refractivity contribution in [3.05, 3.63) is 35.0 Å². The number of hydrogen-bond donors (Lipinski definition) is 1. The third kappa shape index (κ3) is 2.01. The zero-order chi connectivity index (χ0) is 13.3. The lowest BCUT2D eigenvalue weighted by Gasteiger charge is -2.14. The summed E-state index contributed by atoms with van der Waals surface area (Å²) in [7, 11) is 1.67. The van der Waals surface area contributed by atoms with Crippen molar-refractivity contribution >= 4 is 5.95 Å². The Morgan fingerprint density at radius 1 is 1.11 bits per heavy atom. The van der Waals surface area contributed by atoms with Gasteiger partial charge in [-0.15, -0.1) is 0 Å². The topological polar surface area (TPSA) is 61.0 Å². The maximum Gasteiger partial charge on any atom is 0.220 e. The van der Waals surface area contributed by atoms with Gasteiger partial charge in [0.2, 0.25) is 5.95 Å². The number of nitrogens with zero attached hydrogens (tertiary/aromatic N) is 2. The van der Waals surface area contributed by atoms with E-state index in [1.807, 2.05) is 19.9 Å². The van der Waals surface area contributed by atoms with Gasteiger partial charge in [-0.1, -0.05) is 6.07 Å². The van der Waals surface area contributed by atoms with E-state index in [1.165, 1.54) is 5.56 Å². The van der Waals surface area contributed by atoms with Crippen molar-refractivity contribution in [2.75, 3.05) is 12.8 Å². The molecule has 0 saturated heterocycles. The average Bonchev–Trinajstić information content (AvgIpc) is 2.35. The maximum atomic E-state index is 5.66. The molecule has 0 bridgehead atoms. The van der Waals surface area contributed by atoms with E-state index in [1.54, 1.807) is 13.3 Å². The normalized spacial score (nSPS) is 10.4. The van der Waals surface area contributed by atoms with Crippen LogP contribution in [0.3, 0.4) is 0 Å². The van der Waals surface area contributed by atoms with Crippen molar-refractivity contribution in [2.24, 2.45) is 0 Å². The number of anilines is 1. The molecule has 0 saturated carbocycles. The summed E-state index contributed by atoms with van der Waals surface area (Å²) in [5.74, 6) is 1.12. The summed E-state index contributed by atoms with van der Waals surface area (Å²) >= 11 is 0. The SMILES string of the molecule is COc1c(-c2nc(N)ncc2C)ccc(C)c1C. The first kappa shape index (κ1) is 12.4. The first-order valence-corrected chi connectivity index (χ1v) is 5.78. The molecule has 0 aliphatic heterocycles. The highest BCUT2D eigenvalue weighted by atomic mass is 16.5. The van der Waals surface area contributed by atoms with Crippen molar-refractivity contribution in [3.8, 4) is 17.0 Å². The Balaban J connectivity index is 2.71. The van der Waals surface area contributed by atoms with Crippen molar-refractivity contribution in [2.45, 2.75) is 20.8 Å². The molecule has 94 valence electrons. The van der Waals surface area contributed by atoms with Gasteiger partial charge in [0.25, 0.3) is 0 Å². The maximum absolute atomic E-state index is 5.66. The summed E-state index contributed by atoms with van der Waals surface area (Å²) in [6.45, 7) is 6.06. The summed E-state index contributed by atoms with van der Waals surface area (Å²) in [5.41, 5.74) is 10.7. The Kier molecular flexibility index (Phi) is 3.19. The van der Waals surface area contributed by atoms with Crippen LogP contribution in [0.1, 0.15) is 16.7 Å². The third-order valence-electron chi connectivity index (χ3n) is 3.13. The number of nitrogens with two attached hydrogens (primary N) is 1. The zero-order valence-electron chi connectivity index (χ0n) is 11.1. The van der Waals surface area contributed by atoms with Crippen LogP contribution in [0.5, 0.6) is 5.75 Å². The monoisotopic (exact) mass is 243 g/mol. The van der Waals surface area contributed by atoms with Crippen LogP contribution < -0.4 is 10.5 Å². The molecule has 18 heavy (non-hydrogen) atoms. The number of hydrogen-bond acceptors (Lipinski definition) is 4. The van der Waals surface area contributed by atoms with Crippen LogP contribution >= 0.6 is 0 Å². The van der Waals surface area contributed by atoms with Gasteiger partial charge in [0, 0.05) is 11.8 Å². The second kappa shape index (κ2) is 4.64. The minimum Gasteiger partial charge on any atom is -0.496 e. The van der Waals surface area contributed by atoms with Crippen LogP contribution in [-0.4, -0.2) is 17.1 Å². The third-order valence-corrected chi connectivity index (χ3v) is 3.13. The van der Waals surface area contributed by atoms with Gasteiger partial charge < -0.3 is 10.5 Å². The van der Waals surface area contributed by atoms with Crippen molar-refractivity contribution in [3.63, 3.8) is 0 Å². The Bertz CT molecular complexity index is 594. The summed E-state index contributed by atoms with van der Waals surface area (Å²) in [5, 5.41) is 0. The van der Waals surface area contributed by atoms with E-state index in [0.29, 0.717) is 0 Å². The van der Waals surface area contributed by atoms with Crippen molar-refractivity contribution < 1.29 is 4.74 Å². The van der Waals surface area contributed by atoms with E-state index in [0.717, 1.165) is 28.1 Å². The number of ether oxygens (including phenoxy) is 1. The predicted molar refractivity (Wildman–Crippen MR) is 72.6 cm³/mol. The van der Waals surface area contributed by atoms with E-state index in [2.05, 4.69) is 23.0 Å². The highest BCUT2D eigenvalue weighted by Crippen LogP contribution is 2.34. The molecular formula is C14H17N3O. The van der Waals surface area contributed by atoms with Crippen LogP contribution in [0.4, 0.5) is 5.95 Å². The fourth-order valence-corrected chi connectivity index (χ4v) is 1.97. The lowest BCUT2D eigenvalue weighted by molar-refractivity contribution is 0.413. The van der Waals surface area contributed by atoms with E-state index < -0.39 is 0 Å². The molecule has 1 aromatic heterocycles. The molecule has 0 aliphatic rings. The molecule has 2 aromatic rings. The van der Waals surface area contributed by atoms with Gasteiger partial charge in [0.05, 0.1) is 12.8 Å². The van der Waals surface area contributed by atoms with Gasteiger partial charge in [0.15, 0.2) is 0 Å². The van der Waals surface area contributed by atoms with E-state index in [9.17, 15) is 0 Å².